The maximum absolute atomic E-state index is 13.8. The first-order valence-electron chi connectivity index (χ1n) is 12.3. The molecule has 1 spiro atoms. The van der Waals surface area contributed by atoms with Crippen molar-refractivity contribution in [2.75, 3.05) is 19.8 Å². The second kappa shape index (κ2) is 9.42. The molecule has 3 aliphatic rings. The third kappa shape index (κ3) is 3.70. The van der Waals surface area contributed by atoms with Crippen LogP contribution >= 0.6 is 11.8 Å². The summed E-state index contributed by atoms with van der Waals surface area (Å²) in [5.41, 5.74) is 1.54. The number of aliphatic hydroxyl groups is 1. The Bertz CT molecular complexity index is 1140. The average molecular weight is 502 g/mol. The number of carbonyl (C=O) groups is 3. The molecule has 3 aliphatic heterocycles. The Morgan fingerprint density at radius 1 is 1.31 bits per heavy atom. The Balaban J connectivity index is 1.45. The summed E-state index contributed by atoms with van der Waals surface area (Å²) >= 11 is 1.62. The normalized spacial score (nSPS) is 31.2. The molecule has 11 heteroatoms. The summed E-state index contributed by atoms with van der Waals surface area (Å²) in [7, 11) is 0. The van der Waals surface area contributed by atoms with Crippen LogP contribution in [-0.2, 0) is 25.8 Å². The van der Waals surface area contributed by atoms with Gasteiger partial charge in [-0.15, -0.1) is 16.9 Å². The molecule has 0 saturated carbocycles. The van der Waals surface area contributed by atoms with Gasteiger partial charge in [0.25, 0.3) is 0 Å². The lowest BCUT2D eigenvalue weighted by Gasteiger charge is -2.38. The van der Waals surface area contributed by atoms with Gasteiger partial charge in [0, 0.05) is 18.4 Å². The molecular formula is C24H31N5O5S. The molecule has 2 amide bonds. The maximum Gasteiger partial charge on any atom is 0.310 e. The van der Waals surface area contributed by atoms with E-state index in [1.807, 2.05) is 24.3 Å². The van der Waals surface area contributed by atoms with Gasteiger partial charge >= 0.3 is 5.97 Å². The zero-order valence-corrected chi connectivity index (χ0v) is 20.7. The molecule has 4 heterocycles. The second-order valence-corrected chi connectivity index (χ2v) is 11.1. The number of unbranched alkanes of at least 4 members (excludes halogenated alkanes) is 1. The Kier molecular flexibility index (Phi) is 6.47. The van der Waals surface area contributed by atoms with Crippen LogP contribution in [-0.4, -0.2) is 78.6 Å². The lowest BCUT2D eigenvalue weighted by Crippen LogP contribution is -2.56. The number of hydrogen-bond acceptors (Lipinski definition) is 8. The van der Waals surface area contributed by atoms with E-state index in [1.54, 1.807) is 28.3 Å². The number of aliphatic hydroxyl groups excluding tert-OH is 1. The molecular weight excluding hydrogens is 470 g/mol. The molecule has 35 heavy (non-hydrogen) atoms. The highest BCUT2D eigenvalue weighted by atomic mass is 32.2. The number of nitrogens with zero attached hydrogens (tertiary/aromatic N) is 4. The van der Waals surface area contributed by atoms with Crippen LogP contribution in [0.25, 0.3) is 11.0 Å². The van der Waals surface area contributed by atoms with Crippen molar-refractivity contribution in [1.29, 1.82) is 0 Å². The molecule has 1 aromatic carbocycles. The fraction of sp³-hybridized carbons (Fsp3) is 0.625. The molecule has 2 bridgehead atoms. The van der Waals surface area contributed by atoms with Crippen LogP contribution in [0.15, 0.2) is 24.3 Å². The summed E-state index contributed by atoms with van der Waals surface area (Å²) in [5.74, 6) is -1.80. The molecule has 3 fully saturated rings. The van der Waals surface area contributed by atoms with Gasteiger partial charge in [-0.3, -0.25) is 14.4 Å². The fourth-order valence-electron chi connectivity index (χ4n) is 6.24. The zero-order chi connectivity index (χ0) is 24.7. The first kappa shape index (κ1) is 24.1. The van der Waals surface area contributed by atoms with Gasteiger partial charge in [0.05, 0.1) is 28.7 Å². The Labute approximate surface area is 207 Å². The van der Waals surface area contributed by atoms with Gasteiger partial charge in [0.1, 0.15) is 18.2 Å². The number of esters is 1. The van der Waals surface area contributed by atoms with Crippen molar-refractivity contribution in [2.24, 2.45) is 17.8 Å². The van der Waals surface area contributed by atoms with Crippen molar-refractivity contribution in [3.05, 3.63) is 24.3 Å². The number of hydrogen-bond donors (Lipinski definition) is 2. The van der Waals surface area contributed by atoms with E-state index in [0.29, 0.717) is 19.4 Å². The third-order valence-electron chi connectivity index (χ3n) is 7.68. The summed E-state index contributed by atoms with van der Waals surface area (Å²) in [5, 5.41) is 20.5. The molecule has 5 rings (SSSR count). The predicted octanol–water partition coefficient (Wildman–Crippen LogP) is 1.18. The van der Waals surface area contributed by atoms with Gasteiger partial charge in [0.15, 0.2) is 0 Å². The number of benzene rings is 1. The van der Waals surface area contributed by atoms with Crippen molar-refractivity contribution in [3.8, 4) is 0 Å². The minimum atomic E-state index is -0.710. The minimum Gasteiger partial charge on any atom is -0.466 e. The van der Waals surface area contributed by atoms with Crippen molar-refractivity contribution < 1.29 is 24.2 Å². The highest BCUT2D eigenvalue weighted by molar-refractivity contribution is 8.02. The van der Waals surface area contributed by atoms with Crippen molar-refractivity contribution in [3.63, 3.8) is 0 Å². The third-order valence-corrected chi connectivity index (χ3v) is 9.76. The molecule has 188 valence electrons. The molecule has 6 atom stereocenters. The molecule has 1 aromatic heterocycles. The van der Waals surface area contributed by atoms with E-state index in [0.717, 1.165) is 17.5 Å². The van der Waals surface area contributed by atoms with Crippen LogP contribution in [0, 0.1) is 17.8 Å². The first-order chi connectivity index (χ1) is 16.9. The molecule has 3 saturated heterocycles. The van der Waals surface area contributed by atoms with E-state index >= 15 is 0 Å². The SMILES string of the molecule is CCOC(=O)[C@@H]1[C@H]2C(=O)N(CCCCO)C(C(=O)NCn3nnc4ccccc43)C23S[C@@H]1CC3C. The highest BCUT2D eigenvalue weighted by Gasteiger charge is 2.76. The van der Waals surface area contributed by atoms with E-state index in [9.17, 15) is 19.5 Å². The Morgan fingerprint density at radius 3 is 2.89 bits per heavy atom. The Morgan fingerprint density at radius 2 is 2.11 bits per heavy atom. The topological polar surface area (TPSA) is 127 Å². The zero-order valence-electron chi connectivity index (χ0n) is 19.9. The molecule has 10 nitrogen and oxygen atoms in total. The monoisotopic (exact) mass is 501 g/mol. The van der Waals surface area contributed by atoms with Crippen LogP contribution in [0.5, 0.6) is 0 Å². The molecule has 3 unspecified atom stereocenters. The number of para-hydroxylation sites is 1. The second-order valence-electron chi connectivity index (χ2n) is 9.54. The number of nitrogens with one attached hydrogen (secondary N) is 1. The minimum absolute atomic E-state index is 0.0194. The number of amides is 2. The molecule has 2 N–H and O–H groups in total. The van der Waals surface area contributed by atoms with Gasteiger partial charge in [-0.2, -0.15) is 0 Å². The van der Waals surface area contributed by atoms with E-state index < -0.39 is 22.6 Å². The average Bonchev–Trinajstić information content (AvgIpc) is 3.56. The van der Waals surface area contributed by atoms with Gasteiger partial charge in [-0.05, 0) is 44.2 Å². The lowest BCUT2D eigenvalue weighted by atomic mass is 9.66. The van der Waals surface area contributed by atoms with Crippen LogP contribution < -0.4 is 5.32 Å². The van der Waals surface area contributed by atoms with Crippen molar-refractivity contribution in [2.45, 2.75) is 55.8 Å². The smallest absolute Gasteiger partial charge is 0.310 e. The number of aromatic nitrogens is 3. The quantitative estimate of drug-likeness (QED) is 0.387. The number of fused-ring (bicyclic) bond motifs is 2. The predicted molar refractivity (Wildman–Crippen MR) is 129 cm³/mol. The standard InChI is InChI=1S/C24H31N5O5S/c1-3-34-23(33)18-17-12-14(2)24(35-17)19(18)22(32)28(10-6-7-11-30)20(24)21(31)25-13-29-16-9-5-4-8-15(16)26-27-29/h4-5,8-9,14,17-20,30H,3,6-7,10-13H2,1-2H3,(H,25,31)/t14?,17-,18+,19+,20?,24?/m1/s1. The van der Waals surface area contributed by atoms with E-state index in [2.05, 4.69) is 22.6 Å². The summed E-state index contributed by atoms with van der Waals surface area (Å²) in [4.78, 5) is 42.1. The highest BCUT2D eigenvalue weighted by Crippen LogP contribution is 2.68. The molecule has 0 radical (unpaired) electrons. The van der Waals surface area contributed by atoms with Gasteiger partial charge < -0.3 is 20.1 Å². The van der Waals surface area contributed by atoms with Crippen molar-refractivity contribution >= 4 is 40.6 Å². The summed E-state index contributed by atoms with van der Waals surface area (Å²) in [6.45, 7) is 4.60. The number of ether oxygens (including phenoxy) is 1. The van der Waals surface area contributed by atoms with E-state index in [1.165, 1.54) is 0 Å². The van der Waals surface area contributed by atoms with Gasteiger partial charge in [-0.1, -0.05) is 24.3 Å². The van der Waals surface area contributed by atoms with Crippen molar-refractivity contribution in [1.82, 2.24) is 25.2 Å². The Hall–Kier alpha value is -2.66. The summed E-state index contributed by atoms with van der Waals surface area (Å²) in [6, 6.07) is 6.79. The summed E-state index contributed by atoms with van der Waals surface area (Å²) < 4.78 is 6.30. The molecule has 2 aromatic rings. The number of carbonyl (C=O) groups excluding carboxylic acids is 3. The fourth-order valence-corrected chi connectivity index (χ4v) is 8.65. The largest absolute Gasteiger partial charge is 0.466 e. The maximum atomic E-state index is 13.8. The number of rotatable bonds is 9. The number of thioether (sulfide) groups is 1. The lowest BCUT2D eigenvalue weighted by molar-refractivity contribution is -0.154. The number of likely N-dealkylation sites (tertiary alicyclic amines) is 1. The molecule has 0 aliphatic carbocycles. The van der Waals surface area contributed by atoms with E-state index in [4.69, 9.17) is 4.74 Å². The van der Waals surface area contributed by atoms with Crippen LogP contribution in [0.3, 0.4) is 0 Å². The van der Waals surface area contributed by atoms with Crippen LogP contribution in [0.4, 0.5) is 0 Å². The van der Waals surface area contributed by atoms with E-state index in [-0.39, 0.29) is 48.8 Å². The summed E-state index contributed by atoms with van der Waals surface area (Å²) in [6.07, 6.45) is 1.88. The van der Waals surface area contributed by atoms with Gasteiger partial charge in [-0.25, -0.2) is 4.68 Å². The van der Waals surface area contributed by atoms with Crippen LogP contribution in [0.2, 0.25) is 0 Å². The van der Waals surface area contributed by atoms with Gasteiger partial charge in [0.2, 0.25) is 11.8 Å². The van der Waals surface area contributed by atoms with Crippen LogP contribution in [0.1, 0.15) is 33.1 Å². The first-order valence-corrected chi connectivity index (χ1v) is 13.1.